The molecular formula is C12H9N3O. The zero-order chi connectivity index (χ0) is 11.5. The van der Waals surface area contributed by atoms with E-state index in [0.29, 0.717) is 0 Å². The van der Waals surface area contributed by atoms with E-state index in [1.807, 2.05) is 24.3 Å². The number of carbonyl (C=O) groups excluding carboxylic acids is 1. The first kappa shape index (κ1) is 9.99. The number of benzene rings is 1. The molecule has 1 heterocycles. The van der Waals surface area contributed by atoms with Crippen LogP contribution >= 0.6 is 0 Å². The summed E-state index contributed by atoms with van der Waals surface area (Å²) in [5, 5.41) is 9.71. The summed E-state index contributed by atoms with van der Waals surface area (Å²) >= 11 is 0. The van der Waals surface area contributed by atoms with Gasteiger partial charge in [0.15, 0.2) is 0 Å². The normalized spacial score (nSPS) is 11.3. The number of nitriles is 1. The Labute approximate surface area is 92.0 Å². The fraction of sp³-hybridized carbons (Fsp3) is 0. The van der Waals surface area contributed by atoms with Crippen LogP contribution in [0, 0.1) is 11.3 Å². The highest BCUT2D eigenvalue weighted by atomic mass is 16.1. The summed E-state index contributed by atoms with van der Waals surface area (Å²) in [5.41, 5.74) is 6.78. The molecule has 0 saturated carbocycles. The lowest BCUT2D eigenvalue weighted by atomic mass is 10.1. The van der Waals surface area contributed by atoms with Crippen molar-refractivity contribution in [1.82, 2.24) is 4.98 Å². The van der Waals surface area contributed by atoms with Gasteiger partial charge < -0.3 is 10.7 Å². The number of aromatic nitrogens is 1. The lowest BCUT2D eigenvalue weighted by Crippen LogP contribution is -2.12. The average Bonchev–Trinajstić information content (AvgIpc) is 2.73. The number of primary amides is 1. The maximum absolute atomic E-state index is 10.9. The molecule has 3 N–H and O–H groups in total. The smallest absolute Gasteiger partial charge is 0.259 e. The predicted molar refractivity (Wildman–Crippen MR) is 61.1 cm³/mol. The second-order valence-electron chi connectivity index (χ2n) is 3.32. The van der Waals surface area contributed by atoms with Crippen LogP contribution in [-0.4, -0.2) is 10.9 Å². The molecule has 2 aromatic rings. The summed E-state index contributed by atoms with van der Waals surface area (Å²) in [6.07, 6.45) is 3.30. The maximum atomic E-state index is 10.9. The van der Waals surface area contributed by atoms with Gasteiger partial charge in [0.2, 0.25) is 0 Å². The molecule has 0 saturated heterocycles. The van der Waals surface area contributed by atoms with Crippen LogP contribution in [0.5, 0.6) is 0 Å². The van der Waals surface area contributed by atoms with Crippen molar-refractivity contribution < 1.29 is 4.79 Å². The molecule has 0 spiro atoms. The Balaban J connectivity index is 2.60. The number of fused-ring (bicyclic) bond motifs is 1. The second kappa shape index (κ2) is 3.91. The van der Waals surface area contributed by atoms with Crippen molar-refractivity contribution >= 4 is 22.9 Å². The van der Waals surface area contributed by atoms with Crippen LogP contribution in [0.3, 0.4) is 0 Å². The van der Waals surface area contributed by atoms with Crippen molar-refractivity contribution in [3.8, 4) is 6.07 Å². The van der Waals surface area contributed by atoms with Gasteiger partial charge >= 0.3 is 0 Å². The van der Waals surface area contributed by atoms with Crippen LogP contribution in [0.1, 0.15) is 5.56 Å². The Morgan fingerprint density at radius 1 is 1.44 bits per heavy atom. The summed E-state index contributed by atoms with van der Waals surface area (Å²) in [6.45, 7) is 0. The van der Waals surface area contributed by atoms with Crippen molar-refractivity contribution in [1.29, 1.82) is 5.26 Å². The van der Waals surface area contributed by atoms with Crippen LogP contribution in [-0.2, 0) is 4.79 Å². The number of nitrogens with two attached hydrogens (primary N) is 1. The van der Waals surface area contributed by atoms with E-state index in [4.69, 9.17) is 11.0 Å². The van der Waals surface area contributed by atoms with Crippen molar-refractivity contribution in [2.24, 2.45) is 5.73 Å². The first-order chi connectivity index (χ1) is 7.72. The number of nitrogens with zero attached hydrogens (tertiary/aromatic N) is 1. The number of nitrogens with one attached hydrogen (secondary N) is 1. The second-order valence-corrected chi connectivity index (χ2v) is 3.32. The van der Waals surface area contributed by atoms with Gasteiger partial charge in [-0.15, -0.1) is 0 Å². The highest BCUT2D eigenvalue weighted by Gasteiger charge is 2.05. The summed E-state index contributed by atoms with van der Waals surface area (Å²) in [5.74, 6) is -0.713. The number of H-pyrrole nitrogens is 1. The van der Waals surface area contributed by atoms with E-state index in [-0.39, 0.29) is 5.57 Å². The Bertz CT molecular complexity index is 616. The first-order valence-electron chi connectivity index (χ1n) is 4.70. The third kappa shape index (κ3) is 1.66. The number of hydrogen-bond donors (Lipinski definition) is 2. The SMILES string of the molecule is N#C/C(=C\c1cccc2[nH]ccc12)C(N)=O. The summed E-state index contributed by atoms with van der Waals surface area (Å²) in [4.78, 5) is 14.0. The van der Waals surface area contributed by atoms with Crippen molar-refractivity contribution in [2.75, 3.05) is 0 Å². The number of rotatable bonds is 2. The van der Waals surface area contributed by atoms with E-state index in [9.17, 15) is 4.79 Å². The van der Waals surface area contributed by atoms with Gasteiger partial charge in [0.1, 0.15) is 11.6 Å². The minimum absolute atomic E-state index is 0.0475. The van der Waals surface area contributed by atoms with Gasteiger partial charge in [0.05, 0.1) is 0 Å². The van der Waals surface area contributed by atoms with E-state index in [0.717, 1.165) is 16.5 Å². The monoisotopic (exact) mass is 211 g/mol. The highest BCUT2D eigenvalue weighted by Crippen LogP contribution is 2.19. The Morgan fingerprint density at radius 2 is 2.25 bits per heavy atom. The predicted octanol–water partition coefficient (Wildman–Crippen LogP) is 1.56. The van der Waals surface area contributed by atoms with Crippen molar-refractivity contribution in [3.63, 3.8) is 0 Å². The van der Waals surface area contributed by atoms with E-state index < -0.39 is 5.91 Å². The van der Waals surface area contributed by atoms with Gasteiger partial charge in [-0.05, 0) is 23.8 Å². The van der Waals surface area contributed by atoms with Gasteiger partial charge in [0.25, 0.3) is 5.91 Å². The molecule has 4 nitrogen and oxygen atoms in total. The molecule has 16 heavy (non-hydrogen) atoms. The third-order valence-electron chi connectivity index (χ3n) is 2.31. The van der Waals surface area contributed by atoms with Gasteiger partial charge in [0, 0.05) is 17.1 Å². The quantitative estimate of drug-likeness (QED) is 0.583. The van der Waals surface area contributed by atoms with E-state index in [2.05, 4.69) is 4.98 Å². The molecule has 0 bridgehead atoms. The van der Waals surface area contributed by atoms with Gasteiger partial charge in [-0.2, -0.15) is 5.26 Å². The molecule has 0 radical (unpaired) electrons. The fourth-order valence-corrected chi connectivity index (χ4v) is 1.55. The van der Waals surface area contributed by atoms with Crippen LogP contribution in [0.25, 0.3) is 17.0 Å². The maximum Gasteiger partial charge on any atom is 0.259 e. The Morgan fingerprint density at radius 3 is 2.94 bits per heavy atom. The molecular weight excluding hydrogens is 202 g/mol. The van der Waals surface area contributed by atoms with E-state index in [1.165, 1.54) is 6.08 Å². The molecule has 4 heteroatoms. The van der Waals surface area contributed by atoms with Crippen molar-refractivity contribution in [3.05, 3.63) is 41.6 Å². The summed E-state index contributed by atoms with van der Waals surface area (Å²) in [7, 11) is 0. The summed E-state index contributed by atoms with van der Waals surface area (Å²) < 4.78 is 0. The molecule has 0 aliphatic rings. The summed E-state index contributed by atoms with van der Waals surface area (Å²) in [6, 6.07) is 9.27. The number of amides is 1. The molecule has 0 fully saturated rings. The lowest BCUT2D eigenvalue weighted by Gasteiger charge is -1.97. The molecule has 0 unspecified atom stereocenters. The van der Waals surface area contributed by atoms with E-state index >= 15 is 0 Å². The lowest BCUT2D eigenvalue weighted by molar-refractivity contribution is -0.114. The third-order valence-corrected chi connectivity index (χ3v) is 2.31. The zero-order valence-corrected chi connectivity index (χ0v) is 8.40. The zero-order valence-electron chi connectivity index (χ0n) is 8.40. The van der Waals surface area contributed by atoms with Crippen LogP contribution < -0.4 is 5.73 Å². The topological polar surface area (TPSA) is 82.7 Å². The minimum Gasteiger partial charge on any atom is -0.365 e. The van der Waals surface area contributed by atoms with Crippen LogP contribution in [0.4, 0.5) is 0 Å². The molecule has 1 aromatic carbocycles. The Kier molecular flexibility index (Phi) is 2.44. The first-order valence-corrected chi connectivity index (χ1v) is 4.70. The fourth-order valence-electron chi connectivity index (χ4n) is 1.55. The molecule has 2 rings (SSSR count). The van der Waals surface area contributed by atoms with Crippen molar-refractivity contribution in [2.45, 2.75) is 0 Å². The standard InChI is InChI=1S/C12H9N3O/c13-7-9(12(14)16)6-8-2-1-3-11-10(8)4-5-15-11/h1-6,15H,(H2,14,16)/b9-6+. The Hall–Kier alpha value is -2.54. The molecule has 78 valence electrons. The molecule has 0 atom stereocenters. The molecule has 1 aromatic heterocycles. The molecule has 1 amide bonds. The highest BCUT2D eigenvalue weighted by molar-refractivity contribution is 6.02. The number of carbonyl (C=O) groups is 1. The van der Waals surface area contributed by atoms with E-state index in [1.54, 1.807) is 12.3 Å². The molecule has 0 aliphatic heterocycles. The van der Waals surface area contributed by atoms with Gasteiger partial charge in [-0.3, -0.25) is 4.79 Å². The largest absolute Gasteiger partial charge is 0.365 e. The van der Waals surface area contributed by atoms with Gasteiger partial charge in [-0.1, -0.05) is 12.1 Å². The average molecular weight is 211 g/mol. The van der Waals surface area contributed by atoms with Gasteiger partial charge in [-0.25, -0.2) is 0 Å². The minimum atomic E-state index is -0.713. The van der Waals surface area contributed by atoms with Crippen LogP contribution in [0.15, 0.2) is 36.0 Å². The molecule has 0 aliphatic carbocycles. The number of hydrogen-bond acceptors (Lipinski definition) is 2. The number of aromatic amines is 1. The van der Waals surface area contributed by atoms with Crippen LogP contribution in [0.2, 0.25) is 0 Å².